The van der Waals surface area contributed by atoms with Crippen LogP contribution in [0.3, 0.4) is 0 Å². The van der Waals surface area contributed by atoms with Gasteiger partial charge in [-0.25, -0.2) is 0 Å². The molecule has 0 saturated carbocycles. The third-order valence-electron chi connectivity index (χ3n) is 5.55. The molecule has 150 valence electrons. The lowest BCUT2D eigenvalue weighted by molar-refractivity contribution is 0.147. The van der Waals surface area contributed by atoms with Crippen LogP contribution in [0.25, 0.3) is 32.6 Å². The summed E-state index contributed by atoms with van der Waals surface area (Å²) in [6.07, 6.45) is -1.05. The van der Waals surface area contributed by atoms with Crippen LogP contribution in [-0.4, -0.2) is 15.8 Å². The summed E-state index contributed by atoms with van der Waals surface area (Å²) in [6, 6.07) is 26.0. The maximum absolute atomic E-state index is 10.8. The molecule has 0 fully saturated rings. The number of benzene rings is 4. The van der Waals surface area contributed by atoms with E-state index in [0.29, 0.717) is 10.0 Å². The quantitative estimate of drug-likeness (QED) is 0.312. The molecule has 0 spiro atoms. The van der Waals surface area contributed by atoms with Gasteiger partial charge in [0.25, 0.3) is 0 Å². The van der Waals surface area contributed by atoms with Crippen molar-refractivity contribution in [1.82, 2.24) is 4.57 Å². The number of aromatic nitrogens is 1. The molecule has 2 atom stereocenters. The van der Waals surface area contributed by atoms with Crippen molar-refractivity contribution >= 4 is 61.5 Å². The molecule has 5 heteroatoms. The molecule has 0 aliphatic carbocycles. The zero-order chi connectivity index (χ0) is 20.8. The van der Waals surface area contributed by atoms with Gasteiger partial charge in [-0.3, -0.25) is 0 Å². The van der Waals surface area contributed by atoms with E-state index in [9.17, 15) is 5.11 Å². The van der Waals surface area contributed by atoms with Crippen LogP contribution in [0.2, 0.25) is 10.0 Å². The second kappa shape index (κ2) is 7.51. The lowest BCUT2D eigenvalue weighted by Crippen LogP contribution is -2.28. The first kappa shape index (κ1) is 19.3. The van der Waals surface area contributed by atoms with Crippen LogP contribution in [0.4, 0.5) is 5.69 Å². The molecule has 2 N–H and O–H groups in total. The van der Waals surface area contributed by atoms with Gasteiger partial charge >= 0.3 is 0 Å². The monoisotopic (exact) mass is 434 g/mol. The van der Waals surface area contributed by atoms with E-state index >= 15 is 0 Å². The molecule has 5 aromatic rings. The summed E-state index contributed by atoms with van der Waals surface area (Å²) in [6.45, 7) is 1.80. The van der Waals surface area contributed by atoms with E-state index in [2.05, 4.69) is 28.1 Å². The van der Waals surface area contributed by atoms with E-state index < -0.39 is 12.3 Å². The number of nitrogens with zero attached hydrogens (tertiary/aromatic N) is 1. The predicted molar refractivity (Wildman–Crippen MR) is 128 cm³/mol. The van der Waals surface area contributed by atoms with Crippen molar-refractivity contribution in [3.63, 3.8) is 0 Å². The van der Waals surface area contributed by atoms with Gasteiger partial charge in [0.15, 0.2) is 0 Å². The number of halogens is 2. The zero-order valence-corrected chi connectivity index (χ0v) is 17.8. The first-order chi connectivity index (χ1) is 14.5. The SMILES string of the molecule is CC(O)C(Nc1cccc2ccccc12)n1c2ccc(Cl)cc2c2cc(Cl)ccc21. The third-order valence-corrected chi connectivity index (χ3v) is 6.02. The largest absolute Gasteiger partial charge is 0.389 e. The minimum atomic E-state index is -0.658. The van der Waals surface area contributed by atoms with Crippen LogP contribution in [0.5, 0.6) is 0 Å². The molecule has 1 aromatic heterocycles. The fourth-order valence-corrected chi connectivity index (χ4v) is 4.55. The van der Waals surface area contributed by atoms with E-state index in [1.807, 2.05) is 60.7 Å². The summed E-state index contributed by atoms with van der Waals surface area (Å²) >= 11 is 12.6. The van der Waals surface area contributed by atoms with E-state index in [-0.39, 0.29) is 0 Å². The summed E-state index contributed by atoms with van der Waals surface area (Å²) in [5, 5.41) is 20.0. The molecule has 0 radical (unpaired) electrons. The van der Waals surface area contributed by atoms with Gasteiger partial charge in [-0.2, -0.15) is 0 Å². The molecule has 0 aliphatic heterocycles. The van der Waals surface area contributed by atoms with Crippen LogP contribution < -0.4 is 5.32 Å². The van der Waals surface area contributed by atoms with Gasteiger partial charge in [-0.05, 0) is 54.8 Å². The highest BCUT2D eigenvalue weighted by Crippen LogP contribution is 2.37. The number of aliphatic hydroxyl groups is 1. The van der Waals surface area contributed by atoms with Gasteiger partial charge < -0.3 is 15.0 Å². The number of anilines is 1. The van der Waals surface area contributed by atoms with E-state index in [1.54, 1.807) is 6.92 Å². The molecule has 5 rings (SSSR count). The first-order valence-electron chi connectivity index (χ1n) is 9.84. The predicted octanol–water partition coefficient (Wildman–Crippen LogP) is 7.25. The van der Waals surface area contributed by atoms with Gasteiger partial charge in [0, 0.05) is 31.9 Å². The van der Waals surface area contributed by atoms with Crippen LogP contribution in [0.15, 0.2) is 78.9 Å². The highest BCUT2D eigenvalue weighted by Gasteiger charge is 2.23. The van der Waals surface area contributed by atoms with Crippen molar-refractivity contribution in [2.24, 2.45) is 0 Å². The fraction of sp³-hybridized carbons (Fsp3) is 0.120. The van der Waals surface area contributed by atoms with Crippen molar-refractivity contribution in [2.45, 2.75) is 19.2 Å². The lowest BCUT2D eigenvalue weighted by Gasteiger charge is -2.27. The smallest absolute Gasteiger partial charge is 0.130 e. The second-order valence-corrected chi connectivity index (χ2v) is 8.42. The second-order valence-electron chi connectivity index (χ2n) is 7.55. The number of hydrogen-bond acceptors (Lipinski definition) is 2. The van der Waals surface area contributed by atoms with E-state index in [0.717, 1.165) is 38.3 Å². The Morgan fingerprint density at radius 1 is 0.767 bits per heavy atom. The Bertz CT molecular complexity index is 1330. The summed E-state index contributed by atoms with van der Waals surface area (Å²) in [5.74, 6) is 0. The summed E-state index contributed by atoms with van der Waals surface area (Å²) in [7, 11) is 0. The third kappa shape index (κ3) is 3.20. The number of aliphatic hydroxyl groups excluding tert-OH is 1. The molecule has 0 amide bonds. The van der Waals surface area contributed by atoms with Crippen molar-refractivity contribution in [3.8, 4) is 0 Å². The Kier molecular flexibility index (Phi) is 4.82. The molecule has 2 unspecified atom stereocenters. The van der Waals surface area contributed by atoms with E-state index in [1.165, 1.54) is 0 Å². The maximum Gasteiger partial charge on any atom is 0.130 e. The average molecular weight is 435 g/mol. The van der Waals surface area contributed by atoms with Crippen molar-refractivity contribution in [2.75, 3.05) is 5.32 Å². The standard InChI is InChI=1S/C25H20Cl2N2O/c1-15(30)25(28-22-8-4-6-16-5-2-3-7-19(16)22)29-23-11-9-17(26)13-20(23)21-14-18(27)10-12-24(21)29/h2-15,25,28,30H,1H3. The number of fused-ring (bicyclic) bond motifs is 4. The van der Waals surface area contributed by atoms with Crippen molar-refractivity contribution in [1.29, 1.82) is 0 Å². The molecule has 1 heterocycles. The molecule has 0 aliphatic rings. The van der Waals surface area contributed by atoms with Crippen LogP contribution >= 0.6 is 23.2 Å². The average Bonchev–Trinajstić information content (AvgIpc) is 3.04. The van der Waals surface area contributed by atoms with Gasteiger partial charge in [0.1, 0.15) is 6.17 Å². The Morgan fingerprint density at radius 2 is 1.37 bits per heavy atom. The van der Waals surface area contributed by atoms with Crippen LogP contribution in [0, 0.1) is 0 Å². The van der Waals surface area contributed by atoms with Crippen LogP contribution in [-0.2, 0) is 0 Å². The maximum atomic E-state index is 10.8. The number of rotatable bonds is 4. The summed E-state index contributed by atoms with van der Waals surface area (Å²) < 4.78 is 2.13. The Balaban J connectivity index is 1.75. The number of nitrogens with one attached hydrogen (secondary N) is 1. The highest BCUT2D eigenvalue weighted by molar-refractivity contribution is 6.33. The number of hydrogen-bond donors (Lipinski definition) is 2. The summed E-state index contributed by atoms with van der Waals surface area (Å²) in [4.78, 5) is 0. The molecule has 3 nitrogen and oxygen atoms in total. The van der Waals surface area contributed by atoms with Gasteiger partial charge in [-0.1, -0.05) is 59.6 Å². The minimum Gasteiger partial charge on any atom is -0.389 e. The van der Waals surface area contributed by atoms with Gasteiger partial charge in [-0.15, -0.1) is 0 Å². The van der Waals surface area contributed by atoms with Crippen LogP contribution in [0.1, 0.15) is 13.1 Å². The zero-order valence-electron chi connectivity index (χ0n) is 16.3. The Morgan fingerprint density at radius 3 is 2.00 bits per heavy atom. The lowest BCUT2D eigenvalue weighted by atomic mass is 10.1. The molecule has 4 aromatic carbocycles. The topological polar surface area (TPSA) is 37.2 Å². The molecule has 0 saturated heterocycles. The van der Waals surface area contributed by atoms with Crippen molar-refractivity contribution in [3.05, 3.63) is 88.9 Å². The van der Waals surface area contributed by atoms with Gasteiger partial charge in [0.2, 0.25) is 0 Å². The molecular weight excluding hydrogens is 415 g/mol. The van der Waals surface area contributed by atoms with E-state index in [4.69, 9.17) is 23.2 Å². The van der Waals surface area contributed by atoms with Gasteiger partial charge in [0.05, 0.1) is 17.1 Å². The Hall–Kier alpha value is -2.72. The summed E-state index contributed by atoms with van der Waals surface area (Å²) in [5.41, 5.74) is 2.93. The molecule has 30 heavy (non-hydrogen) atoms. The Labute approximate surface area is 184 Å². The fourth-order valence-electron chi connectivity index (χ4n) is 4.21. The highest BCUT2D eigenvalue weighted by atomic mass is 35.5. The van der Waals surface area contributed by atoms with Crippen molar-refractivity contribution < 1.29 is 5.11 Å². The molecular formula is C25H20Cl2N2O. The first-order valence-corrected chi connectivity index (χ1v) is 10.6. The minimum absolute atomic E-state index is 0.391. The molecule has 0 bridgehead atoms. The normalized spacial score (nSPS) is 13.7.